The van der Waals surface area contributed by atoms with Crippen LogP contribution in [0.25, 0.3) is 11.3 Å². The minimum atomic E-state index is -0.264. The van der Waals surface area contributed by atoms with Crippen LogP contribution in [0.3, 0.4) is 0 Å². The van der Waals surface area contributed by atoms with Gasteiger partial charge in [0, 0.05) is 17.4 Å². The summed E-state index contributed by atoms with van der Waals surface area (Å²) in [5.41, 5.74) is 3.78. The largest absolute Gasteiger partial charge is 0.363 e. The van der Waals surface area contributed by atoms with E-state index in [4.69, 9.17) is 0 Å². The molecule has 134 valence electrons. The summed E-state index contributed by atoms with van der Waals surface area (Å²) >= 11 is 1.66. The summed E-state index contributed by atoms with van der Waals surface area (Å²) in [7, 11) is 0. The molecule has 0 amide bonds. The molecule has 2 heterocycles. The average Bonchev–Trinajstić information content (AvgIpc) is 3.16. The number of hydrogen-bond donors (Lipinski definition) is 1. The van der Waals surface area contributed by atoms with E-state index in [0.717, 1.165) is 22.7 Å². The van der Waals surface area contributed by atoms with E-state index in [1.807, 2.05) is 30.3 Å². The van der Waals surface area contributed by atoms with Crippen LogP contribution in [-0.4, -0.2) is 15.2 Å². The normalized spacial score (nSPS) is 10.7. The molecule has 0 spiro atoms. The summed E-state index contributed by atoms with van der Waals surface area (Å²) in [6.07, 6.45) is 0.845. The maximum Gasteiger partial charge on any atom is 0.149 e. The lowest BCUT2D eigenvalue weighted by Crippen LogP contribution is -2.03. The molecule has 0 radical (unpaired) electrons. The van der Waals surface area contributed by atoms with Crippen molar-refractivity contribution >= 4 is 17.2 Å². The van der Waals surface area contributed by atoms with Gasteiger partial charge in [-0.1, -0.05) is 30.3 Å². The SMILES string of the molecule is Fc1ccc(-c2ccc(NCc3csc(Cc4ccccc4)n3)nn2)cc1. The van der Waals surface area contributed by atoms with Gasteiger partial charge in [0.05, 0.1) is 22.9 Å². The van der Waals surface area contributed by atoms with Crippen molar-refractivity contribution in [3.63, 3.8) is 0 Å². The first-order valence-electron chi connectivity index (χ1n) is 8.57. The number of benzene rings is 2. The van der Waals surface area contributed by atoms with Crippen LogP contribution in [0.4, 0.5) is 10.2 Å². The van der Waals surface area contributed by atoms with Gasteiger partial charge in [0.2, 0.25) is 0 Å². The summed E-state index contributed by atoms with van der Waals surface area (Å²) in [6, 6.07) is 20.3. The van der Waals surface area contributed by atoms with E-state index in [1.54, 1.807) is 23.5 Å². The second-order valence-corrected chi connectivity index (χ2v) is 7.00. The Hall–Kier alpha value is -3.12. The second kappa shape index (κ2) is 8.05. The standard InChI is InChI=1S/C21H17FN4S/c22-17-8-6-16(7-9-17)19-10-11-20(26-25-19)23-13-18-14-27-21(24-18)12-15-4-2-1-3-5-15/h1-11,14H,12-13H2,(H,23,26). The lowest BCUT2D eigenvalue weighted by Gasteiger charge is -2.04. The molecule has 1 N–H and O–H groups in total. The van der Waals surface area contributed by atoms with Gasteiger partial charge < -0.3 is 5.32 Å². The molecule has 2 aromatic carbocycles. The number of nitrogens with zero attached hydrogens (tertiary/aromatic N) is 3. The fourth-order valence-electron chi connectivity index (χ4n) is 2.66. The fourth-order valence-corrected chi connectivity index (χ4v) is 3.49. The van der Waals surface area contributed by atoms with Crippen molar-refractivity contribution in [2.45, 2.75) is 13.0 Å². The van der Waals surface area contributed by atoms with Gasteiger partial charge in [-0.15, -0.1) is 21.5 Å². The van der Waals surface area contributed by atoms with Crippen LogP contribution in [-0.2, 0) is 13.0 Å². The minimum Gasteiger partial charge on any atom is -0.363 e. The molecule has 2 aromatic heterocycles. The number of halogens is 1. The van der Waals surface area contributed by atoms with E-state index < -0.39 is 0 Å². The lowest BCUT2D eigenvalue weighted by molar-refractivity contribution is 0.628. The number of thiazole rings is 1. The van der Waals surface area contributed by atoms with Gasteiger partial charge >= 0.3 is 0 Å². The predicted molar refractivity (Wildman–Crippen MR) is 106 cm³/mol. The van der Waals surface area contributed by atoms with Crippen LogP contribution in [0.2, 0.25) is 0 Å². The zero-order valence-corrected chi connectivity index (χ0v) is 15.3. The maximum atomic E-state index is 13.0. The monoisotopic (exact) mass is 376 g/mol. The molecular formula is C21H17FN4S. The molecule has 4 rings (SSSR count). The Labute approximate surface area is 160 Å². The Morgan fingerprint density at radius 3 is 2.44 bits per heavy atom. The van der Waals surface area contributed by atoms with Gasteiger partial charge in [-0.05, 0) is 42.0 Å². The zero-order valence-electron chi connectivity index (χ0n) is 14.5. The topological polar surface area (TPSA) is 50.7 Å². The third kappa shape index (κ3) is 4.54. The Morgan fingerprint density at radius 1 is 0.889 bits per heavy atom. The van der Waals surface area contributed by atoms with E-state index in [2.05, 4.69) is 38.0 Å². The highest BCUT2D eigenvalue weighted by Crippen LogP contribution is 2.18. The molecule has 0 aliphatic rings. The van der Waals surface area contributed by atoms with E-state index >= 15 is 0 Å². The molecule has 0 aliphatic heterocycles. The summed E-state index contributed by atoms with van der Waals surface area (Å²) in [4.78, 5) is 4.67. The van der Waals surface area contributed by atoms with Gasteiger partial charge in [0.15, 0.2) is 0 Å². The molecule has 0 bridgehead atoms. The molecule has 27 heavy (non-hydrogen) atoms. The smallest absolute Gasteiger partial charge is 0.149 e. The Bertz CT molecular complexity index is 999. The Kier molecular flexibility index (Phi) is 5.16. The molecule has 0 saturated carbocycles. The highest BCUT2D eigenvalue weighted by molar-refractivity contribution is 7.09. The summed E-state index contributed by atoms with van der Waals surface area (Å²) < 4.78 is 13.0. The molecule has 0 unspecified atom stereocenters. The molecule has 0 fully saturated rings. The Balaban J connectivity index is 1.35. The number of rotatable bonds is 6. The number of aromatic nitrogens is 3. The maximum absolute atomic E-state index is 13.0. The molecule has 6 heteroatoms. The van der Waals surface area contributed by atoms with E-state index in [1.165, 1.54) is 17.7 Å². The van der Waals surface area contributed by atoms with Gasteiger partial charge in [0.25, 0.3) is 0 Å². The van der Waals surface area contributed by atoms with Crippen molar-refractivity contribution in [2.24, 2.45) is 0 Å². The highest BCUT2D eigenvalue weighted by Gasteiger charge is 2.05. The van der Waals surface area contributed by atoms with Gasteiger partial charge in [-0.2, -0.15) is 0 Å². The molecule has 0 saturated heterocycles. The van der Waals surface area contributed by atoms with Crippen LogP contribution < -0.4 is 5.32 Å². The van der Waals surface area contributed by atoms with Gasteiger partial charge in [-0.25, -0.2) is 9.37 Å². The third-order valence-electron chi connectivity index (χ3n) is 4.05. The molecule has 0 atom stereocenters. The first-order valence-corrected chi connectivity index (χ1v) is 9.45. The first-order chi connectivity index (χ1) is 13.3. The molecule has 4 aromatic rings. The highest BCUT2D eigenvalue weighted by atomic mass is 32.1. The van der Waals surface area contributed by atoms with Gasteiger partial charge in [0.1, 0.15) is 11.6 Å². The third-order valence-corrected chi connectivity index (χ3v) is 4.95. The minimum absolute atomic E-state index is 0.264. The van der Waals surface area contributed by atoms with Crippen LogP contribution in [0.15, 0.2) is 72.1 Å². The fraction of sp³-hybridized carbons (Fsp3) is 0.0952. The second-order valence-electron chi connectivity index (χ2n) is 6.06. The number of anilines is 1. The van der Waals surface area contributed by atoms with Crippen molar-refractivity contribution in [3.05, 3.63) is 94.2 Å². The zero-order chi connectivity index (χ0) is 18.5. The number of hydrogen-bond acceptors (Lipinski definition) is 5. The molecule has 0 aliphatic carbocycles. The van der Waals surface area contributed by atoms with E-state index in [-0.39, 0.29) is 5.82 Å². The van der Waals surface area contributed by atoms with Crippen LogP contribution in [0, 0.1) is 5.82 Å². The Morgan fingerprint density at radius 2 is 1.70 bits per heavy atom. The summed E-state index contributed by atoms with van der Waals surface area (Å²) in [6.45, 7) is 0.593. The molecular weight excluding hydrogens is 359 g/mol. The van der Waals surface area contributed by atoms with Crippen LogP contribution >= 0.6 is 11.3 Å². The van der Waals surface area contributed by atoms with E-state index in [0.29, 0.717) is 18.1 Å². The van der Waals surface area contributed by atoms with Crippen molar-refractivity contribution < 1.29 is 4.39 Å². The van der Waals surface area contributed by atoms with Crippen molar-refractivity contribution in [1.29, 1.82) is 0 Å². The summed E-state index contributed by atoms with van der Waals surface area (Å²) in [5, 5.41) is 14.8. The van der Waals surface area contributed by atoms with Crippen LogP contribution in [0.5, 0.6) is 0 Å². The van der Waals surface area contributed by atoms with Crippen molar-refractivity contribution in [2.75, 3.05) is 5.32 Å². The van der Waals surface area contributed by atoms with Crippen LogP contribution in [0.1, 0.15) is 16.3 Å². The summed E-state index contributed by atoms with van der Waals surface area (Å²) in [5.74, 6) is 0.415. The first kappa shape index (κ1) is 17.3. The van der Waals surface area contributed by atoms with Crippen molar-refractivity contribution in [1.82, 2.24) is 15.2 Å². The van der Waals surface area contributed by atoms with E-state index in [9.17, 15) is 4.39 Å². The quantitative estimate of drug-likeness (QED) is 0.518. The van der Waals surface area contributed by atoms with Gasteiger partial charge in [-0.3, -0.25) is 0 Å². The number of nitrogens with one attached hydrogen (secondary N) is 1. The predicted octanol–water partition coefficient (Wildman–Crippen LogP) is 4.94. The molecule has 4 nitrogen and oxygen atoms in total. The lowest BCUT2D eigenvalue weighted by atomic mass is 10.1. The average molecular weight is 376 g/mol. The van der Waals surface area contributed by atoms with Crippen molar-refractivity contribution in [3.8, 4) is 11.3 Å².